The van der Waals surface area contributed by atoms with Gasteiger partial charge < -0.3 is 9.88 Å². The molecular formula is C13H24N2. The largest absolute Gasteiger partial charge is 0.350 e. The summed E-state index contributed by atoms with van der Waals surface area (Å²) in [6.07, 6.45) is 2.17. The molecule has 0 aromatic carbocycles. The van der Waals surface area contributed by atoms with Crippen molar-refractivity contribution in [2.24, 2.45) is 11.8 Å². The van der Waals surface area contributed by atoms with E-state index in [9.17, 15) is 0 Å². The van der Waals surface area contributed by atoms with Gasteiger partial charge in [-0.05, 0) is 30.5 Å². The van der Waals surface area contributed by atoms with Gasteiger partial charge in [-0.2, -0.15) is 0 Å². The van der Waals surface area contributed by atoms with Crippen LogP contribution in [0.25, 0.3) is 0 Å². The fourth-order valence-corrected chi connectivity index (χ4v) is 1.67. The zero-order chi connectivity index (χ0) is 11.3. The van der Waals surface area contributed by atoms with Crippen LogP contribution < -0.4 is 5.32 Å². The number of aromatic nitrogens is 1. The molecule has 1 N–H and O–H groups in total. The molecule has 0 spiro atoms. The van der Waals surface area contributed by atoms with Gasteiger partial charge in [0.1, 0.15) is 0 Å². The molecule has 0 unspecified atom stereocenters. The second-order valence-electron chi connectivity index (χ2n) is 5.07. The number of hydrogen-bond donors (Lipinski definition) is 1. The molecule has 1 heterocycles. The van der Waals surface area contributed by atoms with E-state index in [0.29, 0.717) is 5.92 Å². The molecule has 1 rings (SSSR count). The highest BCUT2D eigenvalue weighted by Crippen LogP contribution is 2.06. The normalized spacial score (nSPS) is 11.6. The zero-order valence-electron chi connectivity index (χ0n) is 10.5. The molecule has 1 aromatic rings. The number of rotatable bonds is 6. The van der Waals surface area contributed by atoms with Gasteiger partial charge >= 0.3 is 0 Å². The first-order chi connectivity index (χ1) is 7.09. The molecular weight excluding hydrogens is 184 g/mol. The van der Waals surface area contributed by atoms with Crippen LogP contribution in [0, 0.1) is 11.8 Å². The van der Waals surface area contributed by atoms with Gasteiger partial charge in [-0.15, -0.1) is 0 Å². The van der Waals surface area contributed by atoms with Gasteiger partial charge in [-0.25, -0.2) is 0 Å². The predicted molar refractivity (Wildman–Crippen MR) is 65.8 cm³/mol. The Bertz CT molecular complexity index is 274. The molecule has 2 nitrogen and oxygen atoms in total. The topological polar surface area (TPSA) is 17.0 Å². The summed E-state index contributed by atoms with van der Waals surface area (Å²) < 4.78 is 2.35. The first kappa shape index (κ1) is 12.3. The van der Waals surface area contributed by atoms with E-state index in [0.717, 1.165) is 25.6 Å². The van der Waals surface area contributed by atoms with Gasteiger partial charge in [-0.3, -0.25) is 0 Å². The van der Waals surface area contributed by atoms with Crippen molar-refractivity contribution in [1.29, 1.82) is 0 Å². The van der Waals surface area contributed by atoms with E-state index in [4.69, 9.17) is 0 Å². The van der Waals surface area contributed by atoms with Crippen LogP contribution in [-0.4, -0.2) is 11.1 Å². The van der Waals surface area contributed by atoms with Crippen LogP contribution in [0.4, 0.5) is 0 Å². The summed E-state index contributed by atoms with van der Waals surface area (Å²) in [5, 5.41) is 3.48. The summed E-state index contributed by atoms with van der Waals surface area (Å²) in [6.45, 7) is 12.2. The second kappa shape index (κ2) is 5.96. The summed E-state index contributed by atoms with van der Waals surface area (Å²) in [4.78, 5) is 0. The third kappa shape index (κ3) is 4.52. The van der Waals surface area contributed by atoms with E-state index >= 15 is 0 Å². The molecule has 0 aliphatic heterocycles. The van der Waals surface area contributed by atoms with Crippen LogP contribution in [0.5, 0.6) is 0 Å². The molecule has 0 saturated carbocycles. The molecule has 0 aliphatic carbocycles. The van der Waals surface area contributed by atoms with Gasteiger partial charge in [0.05, 0.1) is 0 Å². The van der Waals surface area contributed by atoms with Crippen LogP contribution in [0.3, 0.4) is 0 Å². The fourth-order valence-electron chi connectivity index (χ4n) is 1.67. The maximum absolute atomic E-state index is 3.48. The molecule has 0 atom stereocenters. The summed E-state index contributed by atoms with van der Waals surface area (Å²) in [5.41, 5.74) is 1.39. The molecule has 0 amide bonds. The Morgan fingerprint density at radius 1 is 1.20 bits per heavy atom. The van der Waals surface area contributed by atoms with Crippen LogP contribution >= 0.6 is 0 Å². The molecule has 0 aliphatic rings. The number of nitrogens with one attached hydrogen (secondary N) is 1. The lowest BCUT2D eigenvalue weighted by atomic mass is 10.2. The molecule has 2 heteroatoms. The lowest BCUT2D eigenvalue weighted by Crippen LogP contribution is -2.21. The quantitative estimate of drug-likeness (QED) is 0.760. The molecule has 0 radical (unpaired) electrons. The highest BCUT2D eigenvalue weighted by atomic mass is 15.0. The van der Waals surface area contributed by atoms with Crippen molar-refractivity contribution < 1.29 is 0 Å². The Hall–Kier alpha value is -0.760. The lowest BCUT2D eigenvalue weighted by molar-refractivity contribution is 0.490. The first-order valence-electron chi connectivity index (χ1n) is 5.94. The van der Waals surface area contributed by atoms with Crippen molar-refractivity contribution in [3.05, 3.63) is 24.0 Å². The SMILES string of the molecule is CC(C)CNCc1cccn1CC(C)C. The van der Waals surface area contributed by atoms with Crippen LogP contribution in [0.2, 0.25) is 0 Å². The van der Waals surface area contributed by atoms with Gasteiger partial charge in [0.2, 0.25) is 0 Å². The minimum Gasteiger partial charge on any atom is -0.350 e. The van der Waals surface area contributed by atoms with Gasteiger partial charge in [0.15, 0.2) is 0 Å². The summed E-state index contributed by atoms with van der Waals surface area (Å²) in [7, 11) is 0. The van der Waals surface area contributed by atoms with Gasteiger partial charge in [0, 0.05) is 25.0 Å². The van der Waals surface area contributed by atoms with E-state index < -0.39 is 0 Å². The lowest BCUT2D eigenvalue weighted by Gasteiger charge is -2.13. The van der Waals surface area contributed by atoms with Crippen molar-refractivity contribution in [2.45, 2.75) is 40.8 Å². The summed E-state index contributed by atoms with van der Waals surface area (Å²) in [6, 6.07) is 4.34. The maximum atomic E-state index is 3.48. The van der Waals surface area contributed by atoms with Gasteiger partial charge in [-0.1, -0.05) is 27.7 Å². The standard InChI is InChI=1S/C13H24N2/c1-11(2)8-14-9-13-6-5-7-15(13)10-12(3)4/h5-7,11-12,14H,8-10H2,1-4H3. The summed E-state index contributed by atoms with van der Waals surface area (Å²) >= 11 is 0. The van der Waals surface area contributed by atoms with Crippen molar-refractivity contribution >= 4 is 0 Å². The molecule has 0 saturated heterocycles. The third-order valence-electron chi connectivity index (χ3n) is 2.34. The minimum absolute atomic E-state index is 0.709. The predicted octanol–water partition coefficient (Wildman–Crippen LogP) is 2.89. The zero-order valence-corrected chi connectivity index (χ0v) is 10.5. The molecule has 1 aromatic heterocycles. The fraction of sp³-hybridized carbons (Fsp3) is 0.692. The Labute approximate surface area is 93.7 Å². The Kier molecular flexibility index (Phi) is 4.89. The first-order valence-corrected chi connectivity index (χ1v) is 5.94. The van der Waals surface area contributed by atoms with Crippen molar-refractivity contribution in [1.82, 2.24) is 9.88 Å². The van der Waals surface area contributed by atoms with Crippen LogP contribution in [-0.2, 0) is 13.1 Å². The Morgan fingerprint density at radius 2 is 1.93 bits per heavy atom. The Morgan fingerprint density at radius 3 is 2.53 bits per heavy atom. The average Bonchev–Trinajstić information content (AvgIpc) is 2.51. The van der Waals surface area contributed by atoms with Crippen molar-refractivity contribution in [3.8, 4) is 0 Å². The van der Waals surface area contributed by atoms with E-state index in [1.54, 1.807) is 0 Å². The number of hydrogen-bond acceptors (Lipinski definition) is 1. The third-order valence-corrected chi connectivity index (χ3v) is 2.34. The highest BCUT2D eigenvalue weighted by Gasteiger charge is 2.02. The molecule has 0 fully saturated rings. The summed E-state index contributed by atoms with van der Waals surface area (Å²) in [5.74, 6) is 1.43. The van der Waals surface area contributed by atoms with E-state index in [2.05, 4.69) is 55.9 Å². The van der Waals surface area contributed by atoms with E-state index in [1.165, 1.54) is 5.69 Å². The average molecular weight is 208 g/mol. The van der Waals surface area contributed by atoms with Crippen LogP contribution in [0.1, 0.15) is 33.4 Å². The van der Waals surface area contributed by atoms with Gasteiger partial charge in [0.25, 0.3) is 0 Å². The smallest absolute Gasteiger partial charge is 0.0359 e. The van der Waals surface area contributed by atoms with Crippen molar-refractivity contribution in [3.63, 3.8) is 0 Å². The van der Waals surface area contributed by atoms with E-state index in [-0.39, 0.29) is 0 Å². The highest BCUT2D eigenvalue weighted by molar-refractivity contribution is 5.06. The molecule has 0 bridgehead atoms. The Balaban J connectivity index is 2.43. The van der Waals surface area contributed by atoms with E-state index in [1.807, 2.05) is 0 Å². The number of nitrogens with zero attached hydrogens (tertiary/aromatic N) is 1. The molecule has 86 valence electrons. The second-order valence-corrected chi connectivity index (χ2v) is 5.07. The van der Waals surface area contributed by atoms with Crippen LogP contribution in [0.15, 0.2) is 18.3 Å². The monoisotopic (exact) mass is 208 g/mol. The van der Waals surface area contributed by atoms with Crippen molar-refractivity contribution in [2.75, 3.05) is 6.54 Å². The minimum atomic E-state index is 0.709. The molecule has 15 heavy (non-hydrogen) atoms. The maximum Gasteiger partial charge on any atom is 0.0359 e.